The molecule has 0 fully saturated rings. The Bertz CT molecular complexity index is 1550. The number of carbonyl (C=O) groups excluding carboxylic acids is 2. The fourth-order valence-corrected chi connectivity index (χ4v) is 6.49. The maximum atomic E-state index is 14.3. The van der Waals surface area contributed by atoms with E-state index in [0.717, 1.165) is 12.8 Å². The molecule has 3 aromatic carbocycles. The average molecular weight is 652 g/mol. The van der Waals surface area contributed by atoms with Gasteiger partial charge in [0.25, 0.3) is 21.8 Å². The van der Waals surface area contributed by atoms with Gasteiger partial charge < -0.3 is 24.4 Å². The van der Waals surface area contributed by atoms with E-state index in [2.05, 4.69) is 4.72 Å². The summed E-state index contributed by atoms with van der Waals surface area (Å²) in [5.74, 6) is -0.435. The lowest BCUT2D eigenvalue weighted by atomic mass is 10.0. The summed E-state index contributed by atoms with van der Waals surface area (Å²) in [4.78, 5) is 30.8. The van der Waals surface area contributed by atoms with Crippen LogP contribution in [0.1, 0.15) is 60.7 Å². The van der Waals surface area contributed by atoms with E-state index in [1.807, 2.05) is 32.0 Å². The van der Waals surface area contributed by atoms with Gasteiger partial charge >= 0.3 is 0 Å². The van der Waals surface area contributed by atoms with Crippen molar-refractivity contribution in [2.75, 3.05) is 38.1 Å². The van der Waals surface area contributed by atoms with Crippen LogP contribution in [0.2, 0.25) is 0 Å². The third-order valence-corrected chi connectivity index (χ3v) is 9.58. The van der Waals surface area contributed by atoms with Crippen LogP contribution < -0.4 is 9.46 Å². The number of likely N-dealkylation sites (N-methyl/N-ethyl adjacent to an activating group) is 1. The highest BCUT2D eigenvalue weighted by Crippen LogP contribution is 2.29. The molecule has 248 valence electrons. The Morgan fingerprint density at radius 1 is 1.04 bits per heavy atom. The van der Waals surface area contributed by atoms with Crippen LogP contribution in [-0.4, -0.2) is 86.7 Å². The van der Waals surface area contributed by atoms with Crippen LogP contribution in [0.5, 0.6) is 5.75 Å². The van der Waals surface area contributed by atoms with Gasteiger partial charge in [-0.1, -0.05) is 43.3 Å². The van der Waals surface area contributed by atoms with E-state index in [1.54, 1.807) is 66.2 Å². The molecular formula is C35H45N3O7S. The highest BCUT2D eigenvalue weighted by Gasteiger charge is 2.31. The number of ether oxygens (including phenoxy) is 2. The van der Waals surface area contributed by atoms with E-state index in [-0.39, 0.29) is 53.3 Å². The third-order valence-electron chi connectivity index (χ3n) is 8.18. The van der Waals surface area contributed by atoms with Crippen LogP contribution in [0.4, 0.5) is 5.69 Å². The maximum absolute atomic E-state index is 14.3. The molecule has 0 aliphatic carbocycles. The molecule has 0 bridgehead atoms. The smallest absolute Gasteiger partial charge is 0.261 e. The van der Waals surface area contributed by atoms with E-state index in [0.29, 0.717) is 30.9 Å². The fourth-order valence-electron chi connectivity index (χ4n) is 5.42. The van der Waals surface area contributed by atoms with Crippen molar-refractivity contribution in [3.63, 3.8) is 0 Å². The SMILES string of the molecule is C[C@@H]1CCCCO[C@H](CN(C)C(=O)c2ccccc2)[C@H](C)CN([C@@H](C)CO)C(=O)c2cc(NS(=O)(=O)c3ccccc3)ccc2O1. The van der Waals surface area contributed by atoms with E-state index < -0.39 is 22.0 Å². The van der Waals surface area contributed by atoms with Crippen LogP contribution in [-0.2, 0) is 14.8 Å². The predicted octanol–water partition coefficient (Wildman–Crippen LogP) is 5.06. The summed E-state index contributed by atoms with van der Waals surface area (Å²) in [6.07, 6.45) is 1.71. The molecule has 0 saturated carbocycles. The molecule has 4 rings (SSSR count). The van der Waals surface area contributed by atoms with Crippen LogP contribution >= 0.6 is 0 Å². The molecule has 46 heavy (non-hydrogen) atoms. The molecule has 3 aromatic rings. The third kappa shape index (κ3) is 9.08. The number of anilines is 1. The van der Waals surface area contributed by atoms with Gasteiger partial charge in [-0.05, 0) is 75.6 Å². The molecule has 1 aliphatic heterocycles. The molecule has 2 amide bonds. The highest BCUT2D eigenvalue weighted by atomic mass is 32.2. The van der Waals surface area contributed by atoms with Gasteiger partial charge in [-0.25, -0.2) is 8.42 Å². The van der Waals surface area contributed by atoms with Gasteiger partial charge in [0.15, 0.2) is 0 Å². The first-order valence-corrected chi connectivity index (χ1v) is 17.2. The average Bonchev–Trinajstić information content (AvgIpc) is 3.06. The minimum atomic E-state index is -3.91. The zero-order valence-electron chi connectivity index (χ0n) is 27.0. The van der Waals surface area contributed by atoms with Crippen molar-refractivity contribution in [2.45, 2.75) is 63.2 Å². The lowest BCUT2D eigenvalue weighted by Gasteiger charge is -2.36. The van der Waals surface area contributed by atoms with Gasteiger partial charge in [0.2, 0.25) is 0 Å². The molecule has 2 N–H and O–H groups in total. The Morgan fingerprint density at radius 3 is 2.39 bits per heavy atom. The molecular weight excluding hydrogens is 606 g/mol. The monoisotopic (exact) mass is 651 g/mol. The summed E-state index contributed by atoms with van der Waals surface area (Å²) in [6, 6.07) is 21.1. The molecule has 0 spiro atoms. The van der Waals surface area contributed by atoms with E-state index in [4.69, 9.17) is 9.47 Å². The molecule has 10 nitrogen and oxygen atoms in total. The van der Waals surface area contributed by atoms with Crippen LogP contribution in [0.15, 0.2) is 83.8 Å². The number of nitrogens with zero attached hydrogens (tertiary/aromatic N) is 2. The van der Waals surface area contributed by atoms with Crippen molar-refractivity contribution in [2.24, 2.45) is 5.92 Å². The zero-order valence-corrected chi connectivity index (χ0v) is 27.8. The molecule has 0 saturated heterocycles. The van der Waals surface area contributed by atoms with E-state index in [1.165, 1.54) is 18.2 Å². The Kier molecular flexibility index (Phi) is 12.2. The summed E-state index contributed by atoms with van der Waals surface area (Å²) < 4.78 is 41.4. The molecule has 1 aliphatic rings. The fraction of sp³-hybridized carbons (Fsp3) is 0.429. The lowest BCUT2D eigenvalue weighted by molar-refractivity contribution is -0.0149. The molecule has 0 aromatic heterocycles. The quantitative estimate of drug-likeness (QED) is 0.349. The molecule has 4 atom stereocenters. The van der Waals surface area contributed by atoms with Crippen molar-refractivity contribution in [3.05, 3.63) is 90.0 Å². The number of hydrogen-bond acceptors (Lipinski definition) is 7. The van der Waals surface area contributed by atoms with Gasteiger partial charge in [-0.3, -0.25) is 14.3 Å². The topological polar surface area (TPSA) is 125 Å². The Morgan fingerprint density at radius 2 is 1.72 bits per heavy atom. The Balaban J connectivity index is 1.66. The van der Waals surface area contributed by atoms with Crippen molar-refractivity contribution in [1.29, 1.82) is 0 Å². The molecule has 1 heterocycles. The molecule has 0 unspecified atom stereocenters. The number of fused-ring (bicyclic) bond motifs is 1. The maximum Gasteiger partial charge on any atom is 0.261 e. The number of benzene rings is 3. The van der Waals surface area contributed by atoms with Crippen LogP contribution in [0, 0.1) is 5.92 Å². The molecule has 0 radical (unpaired) electrons. The van der Waals surface area contributed by atoms with E-state index >= 15 is 0 Å². The lowest BCUT2D eigenvalue weighted by Crippen LogP contribution is -2.48. The number of rotatable bonds is 8. The first kappa shape index (κ1) is 34.9. The summed E-state index contributed by atoms with van der Waals surface area (Å²) >= 11 is 0. The first-order chi connectivity index (χ1) is 22.0. The summed E-state index contributed by atoms with van der Waals surface area (Å²) in [5, 5.41) is 10.2. The van der Waals surface area contributed by atoms with Crippen molar-refractivity contribution >= 4 is 27.5 Å². The first-order valence-electron chi connectivity index (χ1n) is 15.7. The van der Waals surface area contributed by atoms with Gasteiger partial charge in [0.1, 0.15) is 5.75 Å². The molecule has 11 heteroatoms. The minimum absolute atomic E-state index is 0.0948. The minimum Gasteiger partial charge on any atom is -0.490 e. The highest BCUT2D eigenvalue weighted by molar-refractivity contribution is 7.92. The summed E-state index contributed by atoms with van der Waals surface area (Å²) in [6.45, 7) is 6.37. The number of amides is 2. The van der Waals surface area contributed by atoms with Crippen molar-refractivity contribution < 1.29 is 32.6 Å². The predicted molar refractivity (Wildman–Crippen MR) is 178 cm³/mol. The second-order valence-corrected chi connectivity index (χ2v) is 13.7. The standard InChI is InChI=1S/C35H45N3O7S/c1-25-22-38(26(2)24-39)35(41)31-21-29(36-46(42,43)30-16-9-6-10-17-30)18-19-32(31)45-27(3)13-11-12-20-44-33(25)23-37(4)34(40)28-14-7-5-8-15-28/h5-10,14-19,21,25-27,33,36,39H,11-13,20,22-24H2,1-4H3/t25-,26+,27-,33-/m1/s1. The zero-order chi connectivity index (χ0) is 33.3. The second-order valence-electron chi connectivity index (χ2n) is 12.0. The van der Waals surface area contributed by atoms with Gasteiger partial charge in [0, 0.05) is 43.9 Å². The second kappa shape index (κ2) is 16.1. The Labute approximate surface area is 272 Å². The number of carbonyl (C=O) groups is 2. The number of nitrogens with one attached hydrogen (secondary N) is 1. The van der Waals surface area contributed by atoms with Gasteiger partial charge in [-0.15, -0.1) is 0 Å². The van der Waals surface area contributed by atoms with Crippen LogP contribution in [0.3, 0.4) is 0 Å². The van der Waals surface area contributed by atoms with E-state index in [9.17, 15) is 23.1 Å². The number of aliphatic hydroxyl groups excluding tert-OH is 1. The van der Waals surface area contributed by atoms with Gasteiger partial charge in [-0.2, -0.15) is 0 Å². The van der Waals surface area contributed by atoms with Crippen LogP contribution in [0.25, 0.3) is 0 Å². The number of aliphatic hydroxyl groups is 1. The number of hydrogen-bond donors (Lipinski definition) is 2. The van der Waals surface area contributed by atoms with Crippen molar-refractivity contribution in [3.8, 4) is 5.75 Å². The normalized spacial score (nSPS) is 20.5. The summed E-state index contributed by atoms with van der Waals surface area (Å²) in [7, 11) is -2.17. The van der Waals surface area contributed by atoms with Gasteiger partial charge in [0.05, 0.1) is 35.3 Å². The van der Waals surface area contributed by atoms with Crippen molar-refractivity contribution in [1.82, 2.24) is 9.80 Å². The summed E-state index contributed by atoms with van der Waals surface area (Å²) in [5.41, 5.74) is 0.965. The number of sulfonamides is 1. The largest absolute Gasteiger partial charge is 0.490 e. The Hall–Kier alpha value is -3.93.